The molecule has 25 heavy (non-hydrogen) atoms. The number of hydrogen-bond acceptors (Lipinski definition) is 3. The fourth-order valence-electron chi connectivity index (χ4n) is 2.61. The molecule has 4 rings (SSSR count). The van der Waals surface area contributed by atoms with Gasteiger partial charge >= 0.3 is 0 Å². The fraction of sp³-hybridized carbons (Fsp3) is 0.0526. The number of benzene rings is 2. The minimum absolute atomic E-state index is 0.0297. The molecule has 0 fully saturated rings. The van der Waals surface area contributed by atoms with Gasteiger partial charge in [-0.15, -0.1) is 0 Å². The second-order valence-corrected chi connectivity index (χ2v) is 6.62. The number of carbonyl (C=O) groups is 1. The first-order valence-electron chi connectivity index (χ1n) is 7.88. The summed E-state index contributed by atoms with van der Waals surface area (Å²) in [5.41, 5.74) is 3.85. The van der Waals surface area contributed by atoms with Crippen LogP contribution in [0.25, 0.3) is 22.2 Å². The Morgan fingerprint density at radius 2 is 1.92 bits per heavy atom. The van der Waals surface area contributed by atoms with E-state index >= 15 is 0 Å². The number of anilines is 1. The molecule has 0 saturated carbocycles. The van der Waals surface area contributed by atoms with Gasteiger partial charge < -0.3 is 10.3 Å². The second-order valence-electron chi connectivity index (χ2n) is 5.61. The van der Waals surface area contributed by atoms with Crippen LogP contribution in [-0.4, -0.2) is 26.8 Å². The summed E-state index contributed by atoms with van der Waals surface area (Å²) >= 11 is 1.49. The standard InChI is InChI=1S/C19H16N4OS/c24-18(12-25-19-11-14-3-1-2-4-16(14)22-19)21-15-7-5-13(6-8-15)17-9-10-20-23-17/h1-11,22H,12H2,(H,20,23)(H,21,24). The van der Waals surface area contributed by atoms with Gasteiger partial charge in [-0.05, 0) is 35.9 Å². The topological polar surface area (TPSA) is 73.6 Å². The van der Waals surface area contributed by atoms with Gasteiger partial charge in [0.2, 0.25) is 5.91 Å². The molecule has 0 spiro atoms. The van der Waals surface area contributed by atoms with Crippen molar-refractivity contribution in [2.24, 2.45) is 0 Å². The molecule has 0 saturated heterocycles. The zero-order valence-electron chi connectivity index (χ0n) is 13.3. The number of fused-ring (bicyclic) bond motifs is 1. The molecule has 4 aromatic rings. The zero-order valence-corrected chi connectivity index (χ0v) is 14.1. The molecule has 0 atom stereocenters. The van der Waals surface area contributed by atoms with Crippen molar-refractivity contribution in [2.75, 3.05) is 11.1 Å². The fourth-order valence-corrected chi connectivity index (χ4v) is 3.37. The van der Waals surface area contributed by atoms with E-state index in [1.165, 1.54) is 11.8 Å². The van der Waals surface area contributed by atoms with E-state index in [0.29, 0.717) is 5.75 Å². The lowest BCUT2D eigenvalue weighted by Crippen LogP contribution is -2.13. The van der Waals surface area contributed by atoms with E-state index in [9.17, 15) is 4.79 Å². The van der Waals surface area contributed by atoms with Crippen LogP contribution in [0.2, 0.25) is 0 Å². The minimum atomic E-state index is -0.0297. The monoisotopic (exact) mass is 348 g/mol. The van der Waals surface area contributed by atoms with Gasteiger partial charge in [-0.2, -0.15) is 5.10 Å². The van der Waals surface area contributed by atoms with Crippen LogP contribution in [-0.2, 0) is 4.79 Å². The Morgan fingerprint density at radius 3 is 2.68 bits per heavy atom. The number of thioether (sulfide) groups is 1. The molecule has 0 radical (unpaired) electrons. The van der Waals surface area contributed by atoms with E-state index in [0.717, 1.165) is 32.9 Å². The molecule has 2 aromatic heterocycles. The maximum Gasteiger partial charge on any atom is 0.234 e. The number of nitrogens with one attached hydrogen (secondary N) is 3. The van der Waals surface area contributed by atoms with Crippen LogP contribution in [0.5, 0.6) is 0 Å². The summed E-state index contributed by atoms with van der Waals surface area (Å²) in [5, 5.41) is 11.9. The highest BCUT2D eigenvalue weighted by Gasteiger charge is 2.07. The SMILES string of the molecule is O=C(CSc1cc2ccccc2[nH]1)Nc1ccc(-c2ccn[nH]2)cc1. The van der Waals surface area contributed by atoms with Crippen molar-refractivity contribution in [3.8, 4) is 11.3 Å². The van der Waals surface area contributed by atoms with Crippen LogP contribution in [0, 0.1) is 0 Å². The summed E-state index contributed by atoms with van der Waals surface area (Å²) in [6, 6.07) is 19.7. The number of aromatic nitrogens is 3. The van der Waals surface area contributed by atoms with Crippen LogP contribution in [0.1, 0.15) is 0 Å². The quantitative estimate of drug-likeness (QED) is 0.471. The minimum Gasteiger partial charge on any atom is -0.350 e. The molecule has 2 aromatic carbocycles. The second kappa shape index (κ2) is 6.86. The third-order valence-corrected chi connectivity index (χ3v) is 4.78. The van der Waals surface area contributed by atoms with E-state index in [1.54, 1.807) is 6.20 Å². The zero-order chi connectivity index (χ0) is 17.1. The largest absolute Gasteiger partial charge is 0.350 e. The number of aromatic amines is 2. The number of carbonyl (C=O) groups excluding carboxylic acids is 1. The summed E-state index contributed by atoms with van der Waals surface area (Å²) in [6.07, 6.45) is 1.71. The van der Waals surface area contributed by atoms with Crippen LogP contribution >= 0.6 is 11.8 Å². The summed E-state index contributed by atoms with van der Waals surface area (Å²) in [4.78, 5) is 15.5. The first kappa shape index (κ1) is 15.5. The molecule has 3 N–H and O–H groups in total. The molecule has 6 heteroatoms. The predicted molar refractivity (Wildman–Crippen MR) is 102 cm³/mol. The average Bonchev–Trinajstić information content (AvgIpc) is 3.30. The molecule has 2 heterocycles. The molecular formula is C19H16N4OS. The third-order valence-electron chi connectivity index (χ3n) is 3.84. The Hall–Kier alpha value is -2.99. The van der Waals surface area contributed by atoms with Gasteiger partial charge in [0.15, 0.2) is 0 Å². The smallest absolute Gasteiger partial charge is 0.234 e. The Balaban J connectivity index is 1.35. The summed E-state index contributed by atoms with van der Waals surface area (Å²) in [7, 11) is 0. The molecule has 1 amide bonds. The van der Waals surface area contributed by atoms with Crippen molar-refractivity contribution in [3.05, 3.63) is 66.9 Å². The molecule has 0 aliphatic heterocycles. The molecule has 124 valence electrons. The molecule has 0 bridgehead atoms. The molecule has 0 aliphatic carbocycles. The third kappa shape index (κ3) is 3.59. The van der Waals surface area contributed by atoms with Gasteiger partial charge in [0, 0.05) is 22.8 Å². The number of H-pyrrole nitrogens is 2. The maximum atomic E-state index is 12.2. The van der Waals surface area contributed by atoms with E-state index in [2.05, 4.69) is 32.6 Å². The van der Waals surface area contributed by atoms with Gasteiger partial charge in [0.05, 0.1) is 16.5 Å². The normalized spacial score (nSPS) is 10.9. The van der Waals surface area contributed by atoms with Crippen molar-refractivity contribution in [1.29, 1.82) is 0 Å². The van der Waals surface area contributed by atoms with Gasteiger partial charge in [0.1, 0.15) is 0 Å². The highest BCUT2D eigenvalue weighted by Crippen LogP contribution is 2.23. The lowest BCUT2D eigenvalue weighted by Gasteiger charge is -2.05. The number of para-hydroxylation sites is 1. The summed E-state index contributed by atoms with van der Waals surface area (Å²) < 4.78 is 0. The van der Waals surface area contributed by atoms with Crippen molar-refractivity contribution in [3.63, 3.8) is 0 Å². The van der Waals surface area contributed by atoms with Crippen molar-refractivity contribution in [1.82, 2.24) is 15.2 Å². The van der Waals surface area contributed by atoms with E-state index < -0.39 is 0 Å². The summed E-state index contributed by atoms with van der Waals surface area (Å²) in [5.74, 6) is 0.327. The Bertz CT molecular complexity index is 957. The van der Waals surface area contributed by atoms with Crippen molar-refractivity contribution in [2.45, 2.75) is 5.03 Å². The molecule has 0 aliphatic rings. The molecule has 5 nitrogen and oxygen atoms in total. The number of amides is 1. The Labute approximate surface area is 148 Å². The Kier molecular flexibility index (Phi) is 4.26. The predicted octanol–water partition coefficient (Wildman–Crippen LogP) is 4.29. The lowest BCUT2D eigenvalue weighted by atomic mass is 10.1. The van der Waals surface area contributed by atoms with Crippen LogP contribution in [0.4, 0.5) is 5.69 Å². The van der Waals surface area contributed by atoms with Crippen molar-refractivity contribution < 1.29 is 4.79 Å². The molecular weight excluding hydrogens is 332 g/mol. The maximum absolute atomic E-state index is 12.2. The first-order valence-corrected chi connectivity index (χ1v) is 8.87. The van der Waals surface area contributed by atoms with Crippen LogP contribution in [0.15, 0.2) is 71.9 Å². The van der Waals surface area contributed by atoms with E-state index in [-0.39, 0.29) is 5.91 Å². The first-order chi connectivity index (χ1) is 12.3. The van der Waals surface area contributed by atoms with Gasteiger partial charge in [0.25, 0.3) is 0 Å². The summed E-state index contributed by atoms with van der Waals surface area (Å²) in [6.45, 7) is 0. The average molecular weight is 348 g/mol. The lowest BCUT2D eigenvalue weighted by molar-refractivity contribution is -0.113. The number of nitrogens with zero attached hydrogens (tertiary/aromatic N) is 1. The molecule has 0 unspecified atom stereocenters. The van der Waals surface area contributed by atoms with Crippen molar-refractivity contribution >= 4 is 34.3 Å². The van der Waals surface area contributed by atoms with Gasteiger partial charge in [-0.3, -0.25) is 9.89 Å². The van der Waals surface area contributed by atoms with Crippen LogP contribution < -0.4 is 5.32 Å². The van der Waals surface area contributed by atoms with E-state index in [4.69, 9.17) is 0 Å². The van der Waals surface area contributed by atoms with Crippen LogP contribution in [0.3, 0.4) is 0 Å². The van der Waals surface area contributed by atoms with Gasteiger partial charge in [-0.25, -0.2) is 0 Å². The highest BCUT2D eigenvalue weighted by molar-refractivity contribution is 7.99. The van der Waals surface area contributed by atoms with Gasteiger partial charge in [-0.1, -0.05) is 42.1 Å². The Morgan fingerprint density at radius 1 is 1.08 bits per heavy atom. The highest BCUT2D eigenvalue weighted by atomic mass is 32.2. The number of rotatable bonds is 5. The number of hydrogen-bond donors (Lipinski definition) is 3. The van der Waals surface area contributed by atoms with E-state index in [1.807, 2.05) is 48.5 Å².